The second-order valence-corrected chi connectivity index (χ2v) is 5.62. The lowest BCUT2D eigenvalue weighted by molar-refractivity contribution is 0.0935. The third kappa shape index (κ3) is 5.89. The summed E-state index contributed by atoms with van der Waals surface area (Å²) in [6.07, 6.45) is 10.5. The maximum Gasteiger partial charge on any atom is 0.271 e. The zero-order valence-electron chi connectivity index (χ0n) is 14.4. The van der Waals surface area contributed by atoms with Crippen LogP contribution in [0.4, 0.5) is 0 Å². The molecular weight excluding hydrogens is 368 g/mol. The van der Waals surface area contributed by atoms with Gasteiger partial charge in [0.15, 0.2) is 0 Å². The fraction of sp³-hybridized carbons (Fsp3) is 0.167. The largest absolute Gasteiger partial charge is 0.302 e. The number of halogens is 1. The number of nitrogens with zero attached hydrogens (tertiary/aromatic N) is 3. The molecule has 0 unspecified atom stereocenters. The number of carbonyl (C=O) groups excluding carboxylic acids is 2. The van der Waals surface area contributed by atoms with Gasteiger partial charge in [0, 0.05) is 41.6 Å². The number of amides is 2. The Balaban J connectivity index is 0.00000261. The molecule has 0 aromatic carbocycles. The Morgan fingerprint density at radius 3 is 2.11 bits per heavy atom. The van der Waals surface area contributed by atoms with Crippen molar-refractivity contribution in [2.24, 2.45) is 5.10 Å². The van der Waals surface area contributed by atoms with Crippen molar-refractivity contribution in [3.05, 3.63) is 72.0 Å². The number of allylic oxidation sites excluding steroid dienone is 2. The van der Waals surface area contributed by atoms with Crippen LogP contribution in [0.3, 0.4) is 0 Å². The highest BCUT2D eigenvalue weighted by molar-refractivity contribution is 5.99. The molecule has 1 aliphatic rings. The second-order valence-electron chi connectivity index (χ2n) is 5.62. The molecule has 8 nitrogen and oxygen atoms in total. The topological polar surface area (TPSA) is 108 Å². The summed E-state index contributed by atoms with van der Waals surface area (Å²) in [5.74, 6) is -0.539. The van der Waals surface area contributed by atoms with E-state index in [1.165, 1.54) is 0 Å². The minimum absolute atomic E-state index is 0. The summed E-state index contributed by atoms with van der Waals surface area (Å²) in [7, 11) is 0. The standard InChI is InChI=1S/C18H18N6O2.ClH/c25-17(13-4-8-19-9-5-13)23-21-15-2-1-3-16(12-15)22-24-18(26)14-6-10-20-11-7-14;/h4-12,21H,1-3H2,(H,23,25)(H,24,26);1H/b22-16+;. The SMILES string of the molecule is Cl.O=C(N/N=C1/C=C(NNC(=O)c2ccncc2)CCC1)c1ccncc1. The first-order chi connectivity index (χ1) is 12.7. The van der Waals surface area contributed by atoms with Gasteiger partial charge >= 0.3 is 0 Å². The molecular formula is C18H19ClN6O2. The lowest BCUT2D eigenvalue weighted by atomic mass is 10.0. The van der Waals surface area contributed by atoms with E-state index in [9.17, 15) is 9.59 Å². The highest BCUT2D eigenvalue weighted by Crippen LogP contribution is 2.13. The lowest BCUT2D eigenvalue weighted by Crippen LogP contribution is -2.37. The highest BCUT2D eigenvalue weighted by atomic mass is 35.5. The van der Waals surface area contributed by atoms with Crippen LogP contribution in [-0.4, -0.2) is 27.5 Å². The van der Waals surface area contributed by atoms with Crippen molar-refractivity contribution in [2.45, 2.75) is 19.3 Å². The molecule has 2 amide bonds. The molecule has 0 bridgehead atoms. The quantitative estimate of drug-likeness (QED) is 0.681. The molecule has 1 aliphatic carbocycles. The summed E-state index contributed by atoms with van der Waals surface area (Å²) >= 11 is 0. The zero-order valence-corrected chi connectivity index (χ0v) is 15.2. The van der Waals surface area contributed by atoms with E-state index in [1.807, 2.05) is 6.08 Å². The first-order valence-corrected chi connectivity index (χ1v) is 8.16. The molecule has 9 heteroatoms. The second kappa shape index (κ2) is 10.0. The summed E-state index contributed by atoms with van der Waals surface area (Å²) in [4.78, 5) is 31.8. The number of hydrazone groups is 1. The van der Waals surface area contributed by atoms with Gasteiger partial charge in [0.1, 0.15) is 0 Å². The van der Waals surface area contributed by atoms with Crippen molar-refractivity contribution in [1.82, 2.24) is 26.2 Å². The van der Waals surface area contributed by atoms with E-state index in [4.69, 9.17) is 0 Å². The molecule has 140 valence electrons. The molecule has 0 aliphatic heterocycles. The van der Waals surface area contributed by atoms with Gasteiger partial charge in [-0.2, -0.15) is 5.10 Å². The van der Waals surface area contributed by atoms with Crippen LogP contribution < -0.4 is 16.3 Å². The Labute approximate surface area is 162 Å². The van der Waals surface area contributed by atoms with E-state index in [2.05, 4.69) is 31.3 Å². The van der Waals surface area contributed by atoms with Crippen LogP contribution in [0.5, 0.6) is 0 Å². The fourth-order valence-electron chi connectivity index (χ4n) is 2.40. The van der Waals surface area contributed by atoms with Crippen LogP contribution >= 0.6 is 12.4 Å². The molecule has 3 N–H and O–H groups in total. The fourth-order valence-corrected chi connectivity index (χ4v) is 2.40. The van der Waals surface area contributed by atoms with E-state index in [-0.39, 0.29) is 24.2 Å². The predicted octanol–water partition coefficient (Wildman–Crippen LogP) is 1.99. The van der Waals surface area contributed by atoms with Crippen LogP contribution in [0.25, 0.3) is 0 Å². The van der Waals surface area contributed by atoms with Gasteiger partial charge in [-0.05, 0) is 49.6 Å². The number of pyridine rings is 2. The number of carbonyl (C=O) groups is 2. The van der Waals surface area contributed by atoms with Crippen molar-refractivity contribution in [3.8, 4) is 0 Å². The van der Waals surface area contributed by atoms with Gasteiger partial charge < -0.3 is 5.43 Å². The molecule has 0 atom stereocenters. The van der Waals surface area contributed by atoms with E-state index in [0.29, 0.717) is 11.1 Å². The summed E-state index contributed by atoms with van der Waals surface area (Å²) in [6.45, 7) is 0. The summed E-state index contributed by atoms with van der Waals surface area (Å²) < 4.78 is 0. The smallest absolute Gasteiger partial charge is 0.271 e. The third-order valence-electron chi connectivity index (χ3n) is 3.74. The summed E-state index contributed by atoms with van der Waals surface area (Å²) in [5.41, 5.74) is 10.7. The maximum absolute atomic E-state index is 12.0. The van der Waals surface area contributed by atoms with Crippen molar-refractivity contribution in [1.29, 1.82) is 0 Å². The van der Waals surface area contributed by atoms with E-state index >= 15 is 0 Å². The van der Waals surface area contributed by atoms with E-state index in [1.54, 1.807) is 49.1 Å². The molecule has 0 saturated carbocycles. The molecule has 0 spiro atoms. The molecule has 2 aromatic heterocycles. The van der Waals surface area contributed by atoms with Gasteiger partial charge in [0.25, 0.3) is 11.8 Å². The molecule has 2 heterocycles. The van der Waals surface area contributed by atoms with Crippen LogP contribution in [-0.2, 0) is 0 Å². The number of hydrazine groups is 1. The summed E-state index contributed by atoms with van der Waals surface area (Å²) in [5, 5.41) is 4.15. The van der Waals surface area contributed by atoms with Gasteiger partial charge in [0.05, 0.1) is 5.71 Å². The van der Waals surface area contributed by atoms with Gasteiger partial charge in [-0.15, -0.1) is 12.4 Å². The van der Waals surface area contributed by atoms with E-state index < -0.39 is 0 Å². The van der Waals surface area contributed by atoms with E-state index in [0.717, 1.165) is 30.7 Å². The first kappa shape index (κ1) is 20.1. The number of rotatable bonds is 5. The maximum atomic E-state index is 12.0. The van der Waals surface area contributed by atoms with Crippen molar-refractivity contribution in [3.63, 3.8) is 0 Å². The average molecular weight is 387 g/mol. The molecule has 2 aromatic rings. The zero-order chi connectivity index (χ0) is 18.2. The minimum Gasteiger partial charge on any atom is -0.302 e. The first-order valence-electron chi connectivity index (χ1n) is 8.16. The summed E-state index contributed by atoms with van der Waals surface area (Å²) in [6, 6.07) is 6.50. The van der Waals surface area contributed by atoms with Crippen molar-refractivity contribution in [2.75, 3.05) is 0 Å². The molecule has 27 heavy (non-hydrogen) atoms. The normalized spacial score (nSPS) is 14.5. The number of aromatic nitrogens is 2. The number of hydrogen-bond acceptors (Lipinski definition) is 6. The van der Waals surface area contributed by atoms with Crippen molar-refractivity contribution < 1.29 is 9.59 Å². The average Bonchev–Trinajstić information content (AvgIpc) is 2.72. The van der Waals surface area contributed by atoms with Gasteiger partial charge in [0.2, 0.25) is 0 Å². The molecule has 0 fully saturated rings. The van der Waals surface area contributed by atoms with Gasteiger partial charge in [-0.25, -0.2) is 5.43 Å². The van der Waals surface area contributed by atoms with Crippen LogP contribution in [0.2, 0.25) is 0 Å². The Hall–Kier alpha value is -3.26. The van der Waals surface area contributed by atoms with Crippen LogP contribution in [0.15, 0.2) is 65.9 Å². The monoisotopic (exact) mass is 386 g/mol. The third-order valence-corrected chi connectivity index (χ3v) is 3.74. The molecule has 3 rings (SSSR count). The van der Waals surface area contributed by atoms with Crippen LogP contribution in [0, 0.1) is 0 Å². The number of hydrogen-bond donors (Lipinski definition) is 3. The lowest BCUT2D eigenvalue weighted by Gasteiger charge is -2.17. The Kier molecular flexibility index (Phi) is 7.45. The predicted molar refractivity (Wildman–Crippen MR) is 103 cm³/mol. The highest BCUT2D eigenvalue weighted by Gasteiger charge is 2.11. The minimum atomic E-state index is -0.292. The molecule has 0 saturated heterocycles. The Morgan fingerprint density at radius 1 is 0.889 bits per heavy atom. The Bertz CT molecular complexity index is 839. The number of nitrogens with one attached hydrogen (secondary N) is 3. The Morgan fingerprint density at radius 2 is 1.48 bits per heavy atom. The molecule has 0 radical (unpaired) electrons. The van der Waals surface area contributed by atoms with Gasteiger partial charge in [-0.1, -0.05) is 0 Å². The van der Waals surface area contributed by atoms with Crippen molar-refractivity contribution >= 4 is 29.9 Å². The van der Waals surface area contributed by atoms with Crippen LogP contribution in [0.1, 0.15) is 40.0 Å². The van der Waals surface area contributed by atoms with Gasteiger partial charge in [-0.3, -0.25) is 25.0 Å².